The van der Waals surface area contributed by atoms with E-state index in [2.05, 4.69) is 26.1 Å². The lowest BCUT2D eigenvalue weighted by atomic mass is 9.96. The summed E-state index contributed by atoms with van der Waals surface area (Å²) < 4.78 is 0. The predicted octanol–water partition coefficient (Wildman–Crippen LogP) is 3.95. The summed E-state index contributed by atoms with van der Waals surface area (Å²) in [5.74, 6) is 1.73. The van der Waals surface area contributed by atoms with Gasteiger partial charge in [-0.1, -0.05) is 46.5 Å². The Morgan fingerprint density at radius 1 is 0.889 bits per heavy atom. The van der Waals surface area contributed by atoms with Crippen molar-refractivity contribution in [3.63, 3.8) is 0 Å². The zero-order valence-corrected chi connectivity index (χ0v) is 13.0. The van der Waals surface area contributed by atoms with Gasteiger partial charge in [0.1, 0.15) is 0 Å². The maximum absolute atomic E-state index is 5.62. The van der Waals surface area contributed by atoms with Crippen LogP contribution in [0.15, 0.2) is 0 Å². The normalized spacial score (nSPS) is 14.7. The molecule has 2 atom stereocenters. The van der Waals surface area contributed by atoms with Crippen LogP contribution in [0.5, 0.6) is 0 Å². The van der Waals surface area contributed by atoms with E-state index in [-0.39, 0.29) is 0 Å². The first kappa shape index (κ1) is 17.9. The van der Waals surface area contributed by atoms with E-state index in [0.717, 1.165) is 18.4 Å². The molecule has 18 heavy (non-hydrogen) atoms. The molecule has 0 aromatic carbocycles. The summed E-state index contributed by atoms with van der Waals surface area (Å²) >= 11 is 0. The number of hydrogen-bond acceptors (Lipinski definition) is 2. The van der Waals surface area contributed by atoms with Crippen molar-refractivity contribution >= 4 is 0 Å². The van der Waals surface area contributed by atoms with Gasteiger partial charge >= 0.3 is 0 Å². The van der Waals surface area contributed by atoms with Crippen LogP contribution in [0, 0.1) is 11.8 Å². The monoisotopic (exact) mass is 256 g/mol. The lowest BCUT2D eigenvalue weighted by Gasteiger charge is -2.16. The van der Waals surface area contributed by atoms with Crippen molar-refractivity contribution in [2.45, 2.75) is 72.1 Å². The molecule has 0 aromatic rings. The molecule has 2 heteroatoms. The summed E-state index contributed by atoms with van der Waals surface area (Å²) in [4.78, 5) is 0. The van der Waals surface area contributed by atoms with Gasteiger partial charge in [0, 0.05) is 0 Å². The average molecular weight is 256 g/mol. The van der Waals surface area contributed by atoms with E-state index in [9.17, 15) is 0 Å². The molecule has 0 rings (SSSR count). The van der Waals surface area contributed by atoms with Gasteiger partial charge in [0.15, 0.2) is 0 Å². The largest absolute Gasteiger partial charge is 0.330 e. The zero-order valence-electron chi connectivity index (χ0n) is 13.0. The molecule has 2 unspecified atom stereocenters. The summed E-state index contributed by atoms with van der Waals surface area (Å²) in [6, 6.07) is 0. The highest BCUT2D eigenvalue weighted by atomic mass is 14.8. The molecule has 0 amide bonds. The highest BCUT2D eigenvalue weighted by molar-refractivity contribution is 4.63. The maximum Gasteiger partial charge on any atom is -0.00206 e. The van der Waals surface area contributed by atoms with Gasteiger partial charge in [-0.2, -0.15) is 0 Å². The van der Waals surface area contributed by atoms with E-state index in [1.807, 2.05) is 0 Å². The molecule has 0 aliphatic rings. The van der Waals surface area contributed by atoms with E-state index in [1.54, 1.807) is 0 Å². The lowest BCUT2D eigenvalue weighted by molar-refractivity contribution is 0.394. The van der Waals surface area contributed by atoms with Crippen LogP contribution in [0.4, 0.5) is 0 Å². The number of nitrogens with one attached hydrogen (secondary N) is 1. The molecule has 0 bridgehead atoms. The van der Waals surface area contributed by atoms with E-state index in [0.29, 0.717) is 0 Å². The molecule has 2 nitrogen and oxygen atoms in total. The molecule has 0 aliphatic heterocycles. The first-order valence-electron chi connectivity index (χ1n) is 8.19. The molecule has 0 aromatic heterocycles. The van der Waals surface area contributed by atoms with E-state index in [4.69, 9.17) is 5.73 Å². The third-order valence-electron chi connectivity index (χ3n) is 4.09. The Labute approximate surface area is 115 Å². The average Bonchev–Trinajstić information content (AvgIpc) is 2.40. The Morgan fingerprint density at radius 2 is 1.56 bits per heavy atom. The van der Waals surface area contributed by atoms with E-state index in [1.165, 1.54) is 64.5 Å². The fourth-order valence-electron chi connectivity index (χ4n) is 2.55. The van der Waals surface area contributed by atoms with Crippen LogP contribution in [0.3, 0.4) is 0 Å². The summed E-state index contributed by atoms with van der Waals surface area (Å²) in [5, 5.41) is 3.64. The summed E-state index contributed by atoms with van der Waals surface area (Å²) in [6.45, 7) is 10.1. The quantitative estimate of drug-likeness (QED) is 0.490. The minimum atomic E-state index is 0.846. The second-order valence-electron chi connectivity index (χ2n) is 5.61. The van der Waals surface area contributed by atoms with Crippen molar-refractivity contribution < 1.29 is 0 Å². The minimum absolute atomic E-state index is 0.846. The topological polar surface area (TPSA) is 38.0 Å². The Balaban J connectivity index is 3.46. The molecule has 0 fully saturated rings. The predicted molar refractivity (Wildman–Crippen MR) is 82.9 cm³/mol. The van der Waals surface area contributed by atoms with Gasteiger partial charge in [-0.25, -0.2) is 0 Å². The second-order valence-corrected chi connectivity index (χ2v) is 5.61. The minimum Gasteiger partial charge on any atom is -0.330 e. The second kappa shape index (κ2) is 13.4. The molecule has 0 spiro atoms. The highest BCUT2D eigenvalue weighted by Gasteiger charge is 2.06. The van der Waals surface area contributed by atoms with E-state index < -0.39 is 0 Å². The number of rotatable bonds is 13. The number of hydrogen-bond donors (Lipinski definition) is 2. The van der Waals surface area contributed by atoms with Crippen LogP contribution < -0.4 is 11.1 Å². The molecule has 0 saturated heterocycles. The summed E-state index contributed by atoms with van der Waals surface area (Å²) in [6.07, 6.45) is 10.6. The van der Waals surface area contributed by atoms with Crippen LogP contribution in [0.2, 0.25) is 0 Å². The maximum atomic E-state index is 5.62. The Kier molecular flexibility index (Phi) is 13.3. The van der Waals surface area contributed by atoms with Crippen molar-refractivity contribution in [2.75, 3.05) is 19.6 Å². The first-order valence-corrected chi connectivity index (χ1v) is 8.19. The SMILES string of the molecule is CCCCC(CC)CNCCCC(CC)CCN. The van der Waals surface area contributed by atoms with Crippen LogP contribution in [0.1, 0.15) is 72.1 Å². The van der Waals surface area contributed by atoms with Gasteiger partial charge in [-0.05, 0) is 57.2 Å². The fraction of sp³-hybridized carbons (Fsp3) is 1.00. The van der Waals surface area contributed by atoms with Crippen LogP contribution in [0.25, 0.3) is 0 Å². The Bertz CT molecular complexity index is 159. The molecule has 3 N–H and O–H groups in total. The molecular weight excluding hydrogens is 220 g/mol. The van der Waals surface area contributed by atoms with Crippen molar-refractivity contribution in [3.05, 3.63) is 0 Å². The highest BCUT2D eigenvalue weighted by Crippen LogP contribution is 2.14. The molecule has 0 radical (unpaired) electrons. The van der Waals surface area contributed by atoms with Crippen LogP contribution in [-0.2, 0) is 0 Å². The van der Waals surface area contributed by atoms with Gasteiger partial charge in [-0.3, -0.25) is 0 Å². The zero-order chi connectivity index (χ0) is 13.6. The van der Waals surface area contributed by atoms with Gasteiger partial charge in [-0.15, -0.1) is 0 Å². The number of nitrogens with two attached hydrogens (primary N) is 1. The molecule has 0 heterocycles. The third kappa shape index (κ3) is 9.90. The smallest absolute Gasteiger partial charge is 0.00206 e. The third-order valence-corrected chi connectivity index (χ3v) is 4.09. The Morgan fingerprint density at radius 3 is 2.11 bits per heavy atom. The van der Waals surface area contributed by atoms with Crippen molar-refractivity contribution in [2.24, 2.45) is 17.6 Å². The van der Waals surface area contributed by atoms with Crippen molar-refractivity contribution in [1.29, 1.82) is 0 Å². The summed E-state index contributed by atoms with van der Waals surface area (Å²) in [5.41, 5.74) is 5.62. The van der Waals surface area contributed by atoms with Gasteiger partial charge in [0.2, 0.25) is 0 Å². The van der Waals surface area contributed by atoms with Crippen molar-refractivity contribution in [3.8, 4) is 0 Å². The van der Waals surface area contributed by atoms with Gasteiger partial charge < -0.3 is 11.1 Å². The van der Waals surface area contributed by atoms with Gasteiger partial charge in [0.05, 0.1) is 0 Å². The molecule has 0 saturated carbocycles. The number of unbranched alkanes of at least 4 members (excludes halogenated alkanes) is 1. The lowest BCUT2D eigenvalue weighted by Crippen LogP contribution is -2.24. The standard InChI is InChI=1S/C16H36N2/c1-4-7-9-16(6-3)14-18-13-8-10-15(5-2)11-12-17/h15-16,18H,4-14,17H2,1-3H3. The fourth-order valence-corrected chi connectivity index (χ4v) is 2.55. The molecule has 0 aliphatic carbocycles. The van der Waals surface area contributed by atoms with Crippen LogP contribution in [-0.4, -0.2) is 19.6 Å². The summed E-state index contributed by atoms with van der Waals surface area (Å²) in [7, 11) is 0. The molecule has 110 valence electrons. The Hall–Kier alpha value is -0.0800. The van der Waals surface area contributed by atoms with Crippen LogP contribution >= 0.6 is 0 Å². The van der Waals surface area contributed by atoms with Crippen molar-refractivity contribution in [1.82, 2.24) is 5.32 Å². The molecular formula is C16H36N2. The van der Waals surface area contributed by atoms with E-state index >= 15 is 0 Å². The first-order chi connectivity index (χ1) is 8.78. The van der Waals surface area contributed by atoms with Gasteiger partial charge in [0.25, 0.3) is 0 Å².